The monoisotopic (exact) mass is 386 g/mol. The molecule has 1 aromatic carbocycles. The number of aliphatic hydroxyl groups excluding tert-OH is 1. The van der Waals surface area contributed by atoms with Crippen LogP contribution >= 0.6 is 0 Å². The minimum absolute atomic E-state index is 0.0242. The molecule has 1 aliphatic heterocycles. The van der Waals surface area contributed by atoms with Crippen LogP contribution in [0.2, 0.25) is 0 Å². The second-order valence-corrected chi connectivity index (χ2v) is 7.06. The number of carbonyl (C=O) groups excluding carboxylic acids is 1. The number of rotatable bonds is 5. The molecule has 28 heavy (non-hydrogen) atoms. The molecule has 0 saturated carbocycles. The molecular formula is C22H30N2O4. The molecule has 1 aliphatic rings. The van der Waals surface area contributed by atoms with Crippen LogP contribution in [0.1, 0.15) is 55.9 Å². The van der Waals surface area contributed by atoms with Gasteiger partial charge in [-0.25, -0.2) is 0 Å². The highest BCUT2D eigenvalue weighted by molar-refractivity contribution is 5.96. The Morgan fingerprint density at radius 3 is 2.32 bits per heavy atom. The Balaban J connectivity index is 0.000000878. The van der Waals surface area contributed by atoms with Gasteiger partial charge in [0.2, 0.25) is 5.43 Å². The first kappa shape index (κ1) is 21.7. The van der Waals surface area contributed by atoms with Gasteiger partial charge in [-0.05, 0) is 19.4 Å². The standard InChI is InChI=1S/C19H22N2O4.C3H8/c1-13(2)20-8-9-21-15(11-22)10-16(23)18(17(21)19(20)24)25-12-14-6-4-3-5-7-14;1-3-2/h3-7,10,13,22H,8-9,11-12H2,1-2H3;3H2,1-2H3. The fourth-order valence-corrected chi connectivity index (χ4v) is 3.08. The van der Waals surface area contributed by atoms with Crippen molar-refractivity contribution in [2.24, 2.45) is 0 Å². The van der Waals surface area contributed by atoms with Crippen LogP contribution < -0.4 is 10.2 Å². The predicted molar refractivity (Wildman–Crippen MR) is 110 cm³/mol. The van der Waals surface area contributed by atoms with Crippen molar-refractivity contribution in [1.82, 2.24) is 9.47 Å². The summed E-state index contributed by atoms with van der Waals surface area (Å²) in [5.41, 5.74) is 1.19. The van der Waals surface area contributed by atoms with Crippen molar-refractivity contribution >= 4 is 5.91 Å². The minimum atomic E-state index is -0.384. The van der Waals surface area contributed by atoms with E-state index in [0.717, 1.165) is 5.56 Å². The number of aliphatic hydroxyl groups is 1. The first-order valence-corrected chi connectivity index (χ1v) is 9.79. The molecule has 0 radical (unpaired) electrons. The molecule has 2 aromatic rings. The third-order valence-electron chi connectivity index (χ3n) is 4.39. The van der Waals surface area contributed by atoms with Crippen LogP contribution in [0.15, 0.2) is 41.2 Å². The number of amides is 1. The molecule has 0 atom stereocenters. The predicted octanol–water partition coefficient (Wildman–Crippen LogP) is 3.20. The average Bonchev–Trinajstić information content (AvgIpc) is 2.68. The molecule has 1 amide bonds. The van der Waals surface area contributed by atoms with Crippen molar-refractivity contribution in [1.29, 1.82) is 0 Å². The zero-order valence-electron chi connectivity index (χ0n) is 17.1. The zero-order valence-corrected chi connectivity index (χ0v) is 17.1. The van der Waals surface area contributed by atoms with Crippen molar-refractivity contribution < 1.29 is 14.6 Å². The number of hydrogen-bond donors (Lipinski definition) is 1. The fraction of sp³-hybridized carbons (Fsp3) is 0.455. The Morgan fingerprint density at radius 2 is 1.75 bits per heavy atom. The highest BCUT2D eigenvalue weighted by atomic mass is 16.5. The van der Waals surface area contributed by atoms with Gasteiger partial charge >= 0.3 is 0 Å². The molecule has 0 bridgehead atoms. The number of benzene rings is 1. The molecule has 6 heteroatoms. The van der Waals surface area contributed by atoms with E-state index in [1.807, 2.05) is 44.2 Å². The quantitative estimate of drug-likeness (QED) is 0.857. The molecule has 0 unspecified atom stereocenters. The Bertz CT molecular complexity index is 844. The summed E-state index contributed by atoms with van der Waals surface area (Å²) in [5.74, 6) is -0.187. The van der Waals surface area contributed by atoms with Gasteiger partial charge in [-0.15, -0.1) is 0 Å². The molecule has 1 aromatic heterocycles. The van der Waals surface area contributed by atoms with E-state index in [9.17, 15) is 14.7 Å². The lowest BCUT2D eigenvalue weighted by Gasteiger charge is -2.34. The molecular weight excluding hydrogens is 356 g/mol. The van der Waals surface area contributed by atoms with Gasteiger partial charge in [-0.1, -0.05) is 50.6 Å². The van der Waals surface area contributed by atoms with Gasteiger partial charge in [-0.2, -0.15) is 0 Å². The number of fused-ring (bicyclic) bond motifs is 1. The summed E-state index contributed by atoms with van der Waals surface area (Å²) in [7, 11) is 0. The van der Waals surface area contributed by atoms with Gasteiger partial charge in [0, 0.05) is 30.9 Å². The Hall–Kier alpha value is -2.60. The number of aromatic nitrogens is 1. The van der Waals surface area contributed by atoms with Gasteiger partial charge in [0.05, 0.1) is 6.61 Å². The van der Waals surface area contributed by atoms with E-state index < -0.39 is 0 Å². The summed E-state index contributed by atoms with van der Waals surface area (Å²) in [4.78, 5) is 27.1. The van der Waals surface area contributed by atoms with Crippen LogP contribution in [0, 0.1) is 0 Å². The maximum atomic E-state index is 12.9. The fourth-order valence-electron chi connectivity index (χ4n) is 3.08. The molecule has 2 heterocycles. The molecule has 1 N–H and O–H groups in total. The van der Waals surface area contributed by atoms with E-state index in [2.05, 4.69) is 13.8 Å². The van der Waals surface area contributed by atoms with Gasteiger partial charge in [-0.3, -0.25) is 9.59 Å². The summed E-state index contributed by atoms with van der Waals surface area (Å²) in [5, 5.41) is 9.55. The van der Waals surface area contributed by atoms with E-state index >= 15 is 0 Å². The lowest BCUT2D eigenvalue weighted by Crippen LogP contribution is -2.46. The summed E-state index contributed by atoms with van der Waals surface area (Å²) >= 11 is 0. The third-order valence-corrected chi connectivity index (χ3v) is 4.39. The number of ether oxygens (including phenoxy) is 1. The SMILES string of the molecule is CC(C)N1CCn2c(CO)cc(=O)c(OCc3ccccc3)c2C1=O.CCC. The third kappa shape index (κ3) is 4.81. The lowest BCUT2D eigenvalue weighted by molar-refractivity contribution is 0.0633. The molecule has 0 aliphatic carbocycles. The van der Waals surface area contributed by atoms with Crippen LogP contribution in [0.25, 0.3) is 0 Å². The zero-order chi connectivity index (χ0) is 20.7. The second kappa shape index (κ2) is 10.1. The first-order chi connectivity index (χ1) is 13.4. The highest BCUT2D eigenvalue weighted by Crippen LogP contribution is 2.24. The van der Waals surface area contributed by atoms with E-state index in [1.165, 1.54) is 12.5 Å². The maximum Gasteiger partial charge on any atom is 0.274 e. The number of pyridine rings is 1. The lowest BCUT2D eigenvalue weighted by atomic mass is 10.1. The van der Waals surface area contributed by atoms with E-state index in [-0.39, 0.29) is 42.0 Å². The van der Waals surface area contributed by atoms with Crippen LogP contribution in [0.3, 0.4) is 0 Å². The molecule has 152 valence electrons. The minimum Gasteiger partial charge on any atom is -0.483 e. The van der Waals surface area contributed by atoms with Gasteiger partial charge in [0.25, 0.3) is 5.91 Å². The summed E-state index contributed by atoms with van der Waals surface area (Å²) in [6.45, 7) is 9.10. The van der Waals surface area contributed by atoms with Gasteiger partial charge in [0.1, 0.15) is 6.61 Å². The topological polar surface area (TPSA) is 71.8 Å². The van der Waals surface area contributed by atoms with E-state index in [0.29, 0.717) is 18.8 Å². The first-order valence-electron chi connectivity index (χ1n) is 9.79. The Morgan fingerprint density at radius 1 is 1.11 bits per heavy atom. The van der Waals surface area contributed by atoms with Crippen molar-refractivity contribution in [3.05, 3.63) is 63.6 Å². The largest absolute Gasteiger partial charge is 0.483 e. The van der Waals surface area contributed by atoms with Crippen molar-refractivity contribution in [2.45, 2.75) is 59.9 Å². The molecule has 0 fully saturated rings. The molecule has 0 spiro atoms. The van der Waals surface area contributed by atoms with Crippen LogP contribution in [-0.2, 0) is 19.8 Å². The summed E-state index contributed by atoms with van der Waals surface area (Å²) in [6.07, 6.45) is 1.25. The molecule has 6 nitrogen and oxygen atoms in total. The number of nitrogens with zero attached hydrogens (tertiary/aromatic N) is 2. The summed E-state index contributed by atoms with van der Waals surface area (Å²) in [6, 6.07) is 10.9. The molecule has 0 saturated heterocycles. The van der Waals surface area contributed by atoms with Gasteiger partial charge in [0.15, 0.2) is 11.4 Å². The van der Waals surface area contributed by atoms with Gasteiger partial charge < -0.3 is 19.3 Å². The van der Waals surface area contributed by atoms with Crippen molar-refractivity contribution in [2.75, 3.05) is 6.54 Å². The smallest absolute Gasteiger partial charge is 0.274 e. The Kier molecular flexibility index (Phi) is 7.81. The molecule has 3 rings (SSSR count). The van der Waals surface area contributed by atoms with Crippen molar-refractivity contribution in [3.8, 4) is 5.75 Å². The van der Waals surface area contributed by atoms with E-state index in [1.54, 1.807) is 9.47 Å². The summed E-state index contributed by atoms with van der Waals surface area (Å²) < 4.78 is 7.45. The number of hydrogen-bond acceptors (Lipinski definition) is 4. The van der Waals surface area contributed by atoms with Crippen LogP contribution in [0.5, 0.6) is 5.75 Å². The van der Waals surface area contributed by atoms with Crippen molar-refractivity contribution in [3.63, 3.8) is 0 Å². The van der Waals surface area contributed by atoms with E-state index in [4.69, 9.17) is 4.74 Å². The Labute approximate surface area is 166 Å². The highest BCUT2D eigenvalue weighted by Gasteiger charge is 2.32. The van der Waals surface area contributed by atoms with Crippen LogP contribution in [0.4, 0.5) is 0 Å². The average molecular weight is 386 g/mol. The maximum absolute atomic E-state index is 12.9. The number of carbonyl (C=O) groups is 1. The second-order valence-electron chi connectivity index (χ2n) is 7.06. The van der Waals surface area contributed by atoms with Crippen LogP contribution in [-0.4, -0.2) is 33.1 Å². The normalized spacial score (nSPS) is 13.1.